The standard InChI is InChI=1S/C22H29N3O4/c1-5-13-7-6-8-14-18(13)23-21(28)22(14)17-16(15(24-22)11-12(2)3)19(26)25(20(17)27)9-10-29-4/h6-8,12,15-17,24H,5,9-11H2,1-4H3,(H,23,28)/p+1/t15-,16-,17+,22-/m1/s1. The van der Waals surface area contributed by atoms with Crippen LogP contribution in [0.2, 0.25) is 0 Å². The van der Waals surface area contributed by atoms with Gasteiger partial charge in [0.1, 0.15) is 17.9 Å². The lowest BCUT2D eigenvalue weighted by molar-refractivity contribution is -0.734. The van der Waals surface area contributed by atoms with Crippen LogP contribution in [0.4, 0.5) is 5.69 Å². The third-order valence-corrected chi connectivity index (χ3v) is 6.73. The molecule has 7 nitrogen and oxygen atoms in total. The molecule has 0 saturated carbocycles. The highest BCUT2D eigenvalue weighted by Gasteiger charge is 2.74. The molecule has 7 heteroatoms. The normalized spacial score (nSPS) is 30.4. The summed E-state index contributed by atoms with van der Waals surface area (Å²) in [5.74, 6) is -1.39. The van der Waals surface area contributed by atoms with Crippen molar-refractivity contribution in [2.75, 3.05) is 25.6 Å². The van der Waals surface area contributed by atoms with Gasteiger partial charge in [0.05, 0.1) is 18.8 Å². The molecule has 0 aliphatic carbocycles. The predicted octanol–water partition coefficient (Wildman–Crippen LogP) is 0.636. The van der Waals surface area contributed by atoms with Crippen molar-refractivity contribution in [2.24, 2.45) is 17.8 Å². The quantitative estimate of drug-likeness (QED) is 0.686. The van der Waals surface area contributed by atoms with E-state index in [9.17, 15) is 14.4 Å². The maximum absolute atomic E-state index is 13.5. The second kappa shape index (κ2) is 7.22. The Morgan fingerprint density at radius 2 is 2.00 bits per heavy atom. The van der Waals surface area contributed by atoms with Gasteiger partial charge < -0.3 is 15.4 Å². The number of methoxy groups -OCH3 is 1. The van der Waals surface area contributed by atoms with Gasteiger partial charge in [-0.15, -0.1) is 0 Å². The number of para-hydroxylation sites is 1. The number of hydrogen-bond acceptors (Lipinski definition) is 4. The molecule has 3 aliphatic rings. The van der Waals surface area contributed by atoms with Gasteiger partial charge in [0, 0.05) is 19.1 Å². The van der Waals surface area contributed by atoms with Crippen molar-refractivity contribution < 1.29 is 24.4 Å². The number of fused-ring (bicyclic) bond motifs is 4. The topological polar surface area (TPSA) is 92.3 Å². The number of rotatable bonds is 6. The summed E-state index contributed by atoms with van der Waals surface area (Å²) in [7, 11) is 1.55. The number of amides is 3. The van der Waals surface area contributed by atoms with Crippen molar-refractivity contribution in [1.82, 2.24) is 4.90 Å². The molecule has 2 saturated heterocycles. The van der Waals surface area contributed by atoms with Crippen LogP contribution in [0.5, 0.6) is 0 Å². The van der Waals surface area contributed by atoms with Crippen LogP contribution >= 0.6 is 0 Å². The number of nitrogens with two attached hydrogens (primary N) is 1. The lowest BCUT2D eigenvalue weighted by Gasteiger charge is -2.26. The number of benzene rings is 1. The van der Waals surface area contributed by atoms with E-state index in [-0.39, 0.29) is 30.3 Å². The number of anilines is 1. The minimum atomic E-state index is -1.07. The van der Waals surface area contributed by atoms with E-state index in [0.717, 1.165) is 29.7 Å². The Morgan fingerprint density at radius 3 is 2.66 bits per heavy atom. The van der Waals surface area contributed by atoms with Gasteiger partial charge in [0.2, 0.25) is 17.4 Å². The largest absolute Gasteiger partial charge is 0.383 e. The lowest BCUT2D eigenvalue weighted by Crippen LogP contribution is -2.99. The number of quaternary nitrogens is 1. The number of ether oxygens (including phenoxy) is 1. The SMILES string of the molecule is CCc1cccc2c1NC(=O)[C@@]21[NH2+][C@H](CC(C)C)[C@H]2C(=O)N(CCOC)C(=O)[C@H]21. The van der Waals surface area contributed by atoms with E-state index < -0.39 is 17.4 Å². The molecule has 29 heavy (non-hydrogen) atoms. The van der Waals surface area contributed by atoms with E-state index in [1.807, 2.05) is 30.4 Å². The Morgan fingerprint density at radius 1 is 1.24 bits per heavy atom. The fourth-order valence-corrected chi connectivity index (χ4v) is 5.57. The second-order valence-corrected chi connectivity index (χ2v) is 8.80. The zero-order valence-corrected chi connectivity index (χ0v) is 17.5. The summed E-state index contributed by atoms with van der Waals surface area (Å²) in [6, 6.07) is 5.78. The Labute approximate surface area is 171 Å². The van der Waals surface area contributed by atoms with Crippen molar-refractivity contribution in [2.45, 2.75) is 45.2 Å². The summed E-state index contributed by atoms with van der Waals surface area (Å²) in [5.41, 5.74) is 1.64. The molecule has 3 N–H and O–H groups in total. The number of carbonyl (C=O) groups excluding carboxylic acids is 3. The van der Waals surface area contributed by atoms with Crippen LogP contribution in [-0.4, -0.2) is 48.9 Å². The van der Waals surface area contributed by atoms with E-state index in [0.29, 0.717) is 12.5 Å². The van der Waals surface area contributed by atoms with Crippen LogP contribution in [0.1, 0.15) is 38.3 Å². The van der Waals surface area contributed by atoms with E-state index in [1.165, 1.54) is 4.90 Å². The molecule has 1 spiro atoms. The second-order valence-electron chi connectivity index (χ2n) is 8.80. The van der Waals surface area contributed by atoms with Crippen molar-refractivity contribution >= 4 is 23.4 Å². The highest BCUT2D eigenvalue weighted by molar-refractivity contribution is 6.14. The van der Waals surface area contributed by atoms with E-state index in [4.69, 9.17) is 4.74 Å². The van der Waals surface area contributed by atoms with Gasteiger partial charge in [-0.1, -0.05) is 39.0 Å². The number of nitrogens with one attached hydrogen (secondary N) is 1. The van der Waals surface area contributed by atoms with Crippen molar-refractivity contribution in [3.05, 3.63) is 29.3 Å². The van der Waals surface area contributed by atoms with Gasteiger partial charge in [-0.2, -0.15) is 0 Å². The highest BCUT2D eigenvalue weighted by atomic mass is 16.5. The average Bonchev–Trinajstić information content (AvgIpc) is 3.25. The first-order valence-electron chi connectivity index (χ1n) is 10.5. The number of hydrogen-bond donors (Lipinski definition) is 2. The summed E-state index contributed by atoms with van der Waals surface area (Å²) in [5, 5.41) is 5.07. The Hall–Kier alpha value is -2.25. The van der Waals surface area contributed by atoms with E-state index in [1.54, 1.807) is 7.11 Å². The highest BCUT2D eigenvalue weighted by Crippen LogP contribution is 2.50. The van der Waals surface area contributed by atoms with E-state index >= 15 is 0 Å². The minimum Gasteiger partial charge on any atom is -0.383 e. The smallest absolute Gasteiger partial charge is 0.291 e. The predicted molar refractivity (Wildman–Crippen MR) is 107 cm³/mol. The van der Waals surface area contributed by atoms with Crippen molar-refractivity contribution in [3.8, 4) is 0 Å². The summed E-state index contributed by atoms with van der Waals surface area (Å²) >= 11 is 0. The Kier molecular flexibility index (Phi) is 4.99. The van der Waals surface area contributed by atoms with Crippen LogP contribution in [0.3, 0.4) is 0 Å². The zero-order chi connectivity index (χ0) is 20.9. The molecule has 3 heterocycles. The van der Waals surface area contributed by atoms with Crippen LogP contribution in [0.25, 0.3) is 0 Å². The molecule has 4 rings (SSSR count). The number of likely N-dealkylation sites (tertiary alicyclic amines) is 1. The first-order valence-corrected chi connectivity index (χ1v) is 10.5. The Bertz CT molecular complexity index is 868. The summed E-state index contributed by atoms with van der Waals surface area (Å²) < 4.78 is 5.11. The lowest BCUT2D eigenvalue weighted by atomic mass is 9.76. The molecule has 3 amide bonds. The van der Waals surface area contributed by atoms with Gasteiger partial charge in [-0.25, -0.2) is 0 Å². The van der Waals surface area contributed by atoms with Gasteiger partial charge in [0.25, 0.3) is 5.91 Å². The number of imide groups is 1. The number of carbonyl (C=O) groups is 3. The molecule has 0 bridgehead atoms. The summed E-state index contributed by atoms with van der Waals surface area (Å²) in [6.45, 7) is 6.79. The molecule has 1 aromatic carbocycles. The number of nitrogens with zero attached hydrogens (tertiary/aromatic N) is 1. The molecular formula is C22H30N3O4+. The molecule has 1 aromatic rings. The first kappa shape index (κ1) is 20.0. The fourth-order valence-electron chi connectivity index (χ4n) is 5.57. The van der Waals surface area contributed by atoms with Crippen LogP contribution in [0, 0.1) is 17.8 Å². The molecule has 0 aromatic heterocycles. The van der Waals surface area contributed by atoms with Crippen LogP contribution in [0.15, 0.2) is 18.2 Å². The Balaban J connectivity index is 1.84. The summed E-state index contributed by atoms with van der Waals surface area (Å²) in [4.78, 5) is 41.5. The van der Waals surface area contributed by atoms with Crippen LogP contribution in [-0.2, 0) is 31.1 Å². The maximum Gasteiger partial charge on any atom is 0.291 e. The molecular weight excluding hydrogens is 370 g/mol. The van der Waals surface area contributed by atoms with Crippen molar-refractivity contribution in [3.63, 3.8) is 0 Å². The fraction of sp³-hybridized carbons (Fsp3) is 0.591. The number of aryl methyl sites for hydroxylation is 1. The molecule has 2 fully saturated rings. The maximum atomic E-state index is 13.5. The van der Waals surface area contributed by atoms with Gasteiger partial charge in [-0.3, -0.25) is 19.3 Å². The van der Waals surface area contributed by atoms with Gasteiger partial charge in [0.15, 0.2) is 0 Å². The van der Waals surface area contributed by atoms with Crippen LogP contribution < -0.4 is 10.6 Å². The molecule has 156 valence electrons. The van der Waals surface area contributed by atoms with Gasteiger partial charge in [-0.05, 0) is 17.9 Å². The molecule has 0 unspecified atom stereocenters. The minimum absolute atomic E-state index is 0.106. The summed E-state index contributed by atoms with van der Waals surface area (Å²) in [6.07, 6.45) is 1.56. The molecule has 3 aliphatic heterocycles. The zero-order valence-electron chi connectivity index (χ0n) is 17.5. The third kappa shape index (κ3) is 2.74. The molecule has 4 atom stereocenters. The van der Waals surface area contributed by atoms with E-state index in [2.05, 4.69) is 19.2 Å². The van der Waals surface area contributed by atoms with Gasteiger partial charge >= 0.3 is 0 Å². The third-order valence-electron chi connectivity index (χ3n) is 6.73. The average molecular weight is 400 g/mol. The van der Waals surface area contributed by atoms with Crippen molar-refractivity contribution in [1.29, 1.82) is 0 Å². The first-order chi connectivity index (χ1) is 13.9. The molecule has 0 radical (unpaired) electrons. The monoisotopic (exact) mass is 400 g/mol.